The van der Waals surface area contributed by atoms with Gasteiger partial charge in [0, 0.05) is 6.42 Å². The molecular weight excluding hydrogens is 307 g/mol. The van der Waals surface area contributed by atoms with Gasteiger partial charge in [-0.25, -0.2) is 12.8 Å². The fourth-order valence-electron chi connectivity index (χ4n) is 2.59. The molecule has 1 aliphatic rings. The number of amides is 1. The molecule has 22 heavy (non-hydrogen) atoms. The number of para-hydroxylation sites is 1. The molecule has 0 radical (unpaired) electrons. The highest BCUT2D eigenvalue weighted by Crippen LogP contribution is 2.36. The van der Waals surface area contributed by atoms with Crippen molar-refractivity contribution in [3.63, 3.8) is 0 Å². The summed E-state index contributed by atoms with van der Waals surface area (Å²) >= 11 is 0. The van der Waals surface area contributed by atoms with Crippen LogP contribution in [-0.4, -0.2) is 20.4 Å². The predicted molar refractivity (Wildman–Crippen MR) is 79.2 cm³/mol. The molecule has 3 rings (SSSR count). The van der Waals surface area contributed by atoms with Crippen LogP contribution in [0.4, 0.5) is 10.1 Å². The van der Waals surface area contributed by atoms with E-state index in [9.17, 15) is 17.6 Å². The zero-order valence-corrected chi connectivity index (χ0v) is 12.3. The normalized spacial score (nSPS) is 17.3. The summed E-state index contributed by atoms with van der Waals surface area (Å²) in [5.74, 6) is -1.26. The first-order chi connectivity index (χ1) is 10.4. The molecule has 0 aromatic heterocycles. The molecule has 2 aromatic carbocycles. The van der Waals surface area contributed by atoms with E-state index in [0.29, 0.717) is 5.69 Å². The predicted octanol–water partition coefficient (Wildman–Crippen LogP) is 1.43. The zero-order chi connectivity index (χ0) is 15.9. The fraction of sp³-hybridized carbons (Fsp3) is 0.133. The summed E-state index contributed by atoms with van der Waals surface area (Å²) in [6.45, 7) is 0. The second-order valence-electron chi connectivity index (χ2n) is 5.01. The van der Waals surface area contributed by atoms with E-state index < -0.39 is 27.8 Å². The van der Waals surface area contributed by atoms with Crippen molar-refractivity contribution in [3.8, 4) is 0 Å². The van der Waals surface area contributed by atoms with Crippen molar-refractivity contribution in [2.24, 2.45) is 5.73 Å². The summed E-state index contributed by atoms with van der Waals surface area (Å²) in [4.78, 5) is 11.6. The first-order valence-corrected chi connectivity index (χ1v) is 8.02. The molecule has 1 heterocycles. The molecule has 2 aromatic rings. The number of carbonyl (C=O) groups is 1. The maximum atomic E-state index is 13.0. The Morgan fingerprint density at radius 1 is 1.14 bits per heavy atom. The first kappa shape index (κ1) is 14.5. The lowest BCUT2D eigenvalue weighted by Gasteiger charge is -2.24. The Kier molecular flexibility index (Phi) is 3.37. The number of rotatable bonds is 3. The van der Waals surface area contributed by atoms with Crippen molar-refractivity contribution < 1.29 is 17.6 Å². The fourth-order valence-corrected chi connectivity index (χ4v) is 4.25. The molecule has 0 fully saturated rings. The van der Waals surface area contributed by atoms with Crippen LogP contribution in [0.2, 0.25) is 0 Å². The Labute approximate surface area is 127 Å². The van der Waals surface area contributed by atoms with Crippen molar-refractivity contribution >= 4 is 21.6 Å². The number of hydrogen-bond acceptors (Lipinski definition) is 3. The van der Waals surface area contributed by atoms with E-state index in [1.807, 2.05) is 0 Å². The van der Waals surface area contributed by atoms with Gasteiger partial charge in [-0.15, -0.1) is 0 Å². The minimum Gasteiger partial charge on any atom is -0.368 e. The van der Waals surface area contributed by atoms with Crippen LogP contribution in [-0.2, 0) is 21.2 Å². The van der Waals surface area contributed by atoms with Crippen LogP contribution in [0.25, 0.3) is 0 Å². The van der Waals surface area contributed by atoms with E-state index in [0.717, 1.165) is 22.0 Å². The minimum atomic E-state index is -4.00. The summed E-state index contributed by atoms with van der Waals surface area (Å²) in [6.07, 6.45) is 0.228. The van der Waals surface area contributed by atoms with Crippen LogP contribution in [0, 0.1) is 5.82 Å². The van der Waals surface area contributed by atoms with Crippen LogP contribution in [0.1, 0.15) is 5.56 Å². The third kappa shape index (κ3) is 2.23. The Morgan fingerprint density at radius 2 is 1.77 bits per heavy atom. The van der Waals surface area contributed by atoms with Crippen LogP contribution in [0.5, 0.6) is 0 Å². The molecular formula is C15H13FN2O3S. The Morgan fingerprint density at radius 3 is 2.41 bits per heavy atom. The Hall–Kier alpha value is -2.41. The van der Waals surface area contributed by atoms with Gasteiger partial charge in [0.1, 0.15) is 11.9 Å². The van der Waals surface area contributed by atoms with E-state index in [1.54, 1.807) is 24.3 Å². The topological polar surface area (TPSA) is 80.5 Å². The monoisotopic (exact) mass is 320 g/mol. The maximum Gasteiger partial charge on any atom is 0.265 e. The van der Waals surface area contributed by atoms with Gasteiger partial charge in [-0.3, -0.25) is 9.10 Å². The van der Waals surface area contributed by atoms with Gasteiger partial charge in [0.05, 0.1) is 10.6 Å². The van der Waals surface area contributed by atoms with Crippen molar-refractivity contribution in [1.29, 1.82) is 0 Å². The number of nitrogens with zero attached hydrogens (tertiary/aromatic N) is 1. The number of halogens is 1. The van der Waals surface area contributed by atoms with Gasteiger partial charge in [0.2, 0.25) is 5.91 Å². The molecule has 0 saturated heterocycles. The molecule has 0 aliphatic carbocycles. The molecule has 114 valence electrons. The average molecular weight is 320 g/mol. The lowest BCUT2D eigenvalue weighted by molar-refractivity contribution is -0.118. The highest BCUT2D eigenvalue weighted by atomic mass is 32.2. The molecule has 1 aliphatic heterocycles. The lowest BCUT2D eigenvalue weighted by Crippen LogP contribution is -2.45. The van der Waals surface area contributed by atoms with E-state index in [1.165, 1.54) is 12.1 Å². The minimum absolute atomic E-state index is 0.0862. The molecule has 1 atom stereocenters. The van der Waals surface area contributed by atoms with E-state index in [4.69, 9.17) is 5.73 Å². The number of anilines is 1. The standard InChI is InChI=1S/C15H13FN2O3S/c16-11-5-7-12(8-6-11)22(20,21)18-13-4-2-1-3-10(13)9-14(18)15(17)19/h1-8,14H,9H2,(H2,17,19). The van der Waals surface area contributed by atoms with Gasteiger partial charge in [-0.2, -0.15) is 0 Å². The number of nitrogens with two attached hydrogens (primary N) is 1. The molecule has 2 N–H and O–H groups in total. The first-order valence-electron chi connectivity index (χ1n) is 6.58. The highest BCUT2D eigenvalue weighted by Gasteiger charge is 2.41. The van der Waals surface area contributed by atoms with E-state index in [2.05, 4.69) is 0 Å². The summed E-state index contributed by atoms with van der Waals surface area (Å²) in [5.41, 5.74) is 6.52. The number of hydrogen-bond donors (Lipinski definition) is 1. The van der Waals surface area contributed by atoms with E-state index >= 15 is 0 Å². The summed E-state index contributed by atoms with van der Waals surface area (Å²) in [7, 11) is -4.00. The molecule has 0 bridgehead atoms. The lowest BCUT2D eigenvalue weighted by atomic mass is 10.1. The molecule has 0 saturated carbocycles. The molecule has 1 unspecified atom stereocenters. The smallest absolute Gasteiger partial charge is 0.265 e. The summed E-state index contributed by atoms with van der Waals surface area (Å²) < 4.78 is 39.7. The number of benzene rings is 2. The van der Waals surface area contributed by atoms with Crippen molar-refractivity contribution in [1.82, 2.24) is 0 Å². The van der Waals surface area contributed by atoms with Gasteiger partial charge >= 0.3 is 0 Å². The summed E-state index contributed by atoms with van der Waals surface area (Å²) in [5, 5.41) is 0. The second kappa shape index (κ2) is 5.10. The van der Waals surface area contributed by atoms with Crippen molar-refractivity contribution in [3.05, 3.63) is 59.9 Å². The van der Waals surface area contributed by atoms with Gasteiger partial charge in [-0.05, 0) is 35.9 Å². The van der Waals surface area contributed by atoms with Crippen LogP contribution >= 0.6 is 0 Å². The quantitative estimate of drug-likeness (QED) is 0.929. The van der Waals surface area contributed by atoms with Gasteiger partial charge in [0.15, 0.2) is 0 Å². The number of primary amides is 1. The van der Waals surface area contributed by atoms with Gasteiger partial charge < -0.3 is 5.73 Å². The molecule has 0 spiro atoms. The number of carbonyl (C=O) groups excluding carboxylic acids is 1. The molecule has 7 heteroatoms. The molecule has 1 amide bonds. The molecule has 5 nitrogen and oxygen atoms in total. The van der Waals surface area contributed by atoms with E-state index in [-0.39, 0.29) is 11.3 Å². The number of sulfonamides is 1. The summed E-state index contributed by atoms with van der Waals surface area (Å²) in [6, 6.07) is 10.3. The zero-order valence-electron chi connectivity index (χ0n) is 11.4. The average Bonchev–Trinajstić information content (AvgIpc) is 2.88. The van der Waals surface area contributed by atoms with Gasteiger partial charge in [0.25, 0.3) is 10.0 Å². The second-order valence-corrected chi connectivity index (χ2v) is 6.82. The Balaban J connectivity index is 2.14. The Bertz CT molecular complexity index is 834. The highest BCUT2D eigenvalue weighted by molar-refractivity contribution is 7.93. The third-order valence-corrected chi connectivity index (χ3v) is 5.46. The van der Waals surface area contributed by atoms with Crippen molar-refractivity contribution in [2.45, 2.75) is 17.4 Å². The SMILES string of the molecule is NC(=O)C1Cc2ccccc2N1S(=O)(=O)c1ccc(F)cc1. The van der Waals surface area contributed by atoms with Crippen molar-refractivity contribution in [2.75, 3.05) is 4.31 Å². The largest absolute Gasteiger partial charge is 0.368 e. The van der Waals surface area contributed by atoms with Crippen LogP contribution < -0.4 is 10.0 Å². The third-order valence-electron chi connectivity index (χ3n) is 3.62. The van der Waals surface area contributed by atoms with Crippen LogP contribution in [0.15, 0.2) is 53.4 Å². The number of fused-ring (bicyclic) bond motifs is 1. The maximum absolute atomic E-state index is 13.0. The van der Waals surface area contributed by atoms with Crippen LogP contribution in [0.3, 0.4) is 0 Å². The van der Waals surface area contributed by atoms with Gasteiger partial charge in [-0.1, -0.05) is 18.2 Å².